The summed E-state index contributed by atoms with van der Waals surface area (Å²) in [6, 6.07) is 21.3. The molecule has 0 aliphatic carbocycles. The highest BCUT2D eigenvalue weighted by Gasteiger charge is 2.43. The molecule has 1 atom stereocenters. The number of ether oxygens (including phenoxy) is 2. The van der Waals surface area contributed by atoms with Crippen LogP contribution in [0.3, 0.4) is 0 Å². The van der Waals surface area contributed by atoms with E-state index in [-0.39, 0.29) is 6.42 Å². The van der Waals surface area contributed by atoms with Gasteiger partial charge in [-0.05, 0) is 48.9 Å². The van der Waals surface area contributed by atoms with Gasteiger partial charge in [0.25, 0.3) is 11.8 Å². The van der Waals surface area contributed by atoms with Gasteiger partial charge in [-0.3, -0.25) is 14.5 Å². The van der Waals surface area contributed by atoms with Crippen molar-refractivity contribution in [2.75, 3.05) is 6.61 Å². The first kappa shape index (κ1) is 20.3. The predicted molar refractivity (Wildman–Crippen MR) is 114 cm³/mol. The molecular weight excluding hydrogens is 394 g/mol. The van der Waals surface area contributed by atoms with Gasteiger partial charge in [-0.2, -0.15) is 0 Å². The molecule has 4 rings (SSSR count). The third kappa shape index (κ3) is 4.19. The van der Waals surface area contributed by atoms with Crippen molar-refractivity contribution in [3.63, 3.8) is 0 Å². The number of carbonyl (C=O) groups excluding carboxylic acids is 3. The zero-order valence-electron chi connectivity index (χ0n) is 17.0. The van der Waals surface area contributed by atoms with E-state index >= 15 is 0 Å². The Morgan fingerprint density at radius 3 is 1.94 bits per heavy atom. The van der Waals surface area contributed by atoms with Crippen LogP contribution >= 0.6 is 0 Å². The molecule has 0 saturated carbocycles. The van der Waals surface area contributed by atoms with Crippen LogP contribution in [0, 0.1) is 0 Å². The summed E-state index contributed by atoms with van der Waals surface area (Å²) in [7, 11) is 0. The molecule has 6 heteroatoms. The first-order valence-electron chi connectivity index (χ1n) is 10.0. The fourth-order valence-corrected chi connectivity index (χ4v) is 3.56. The van der Waals surface area contributed by atoms with E-state index in [0.29, 0.717) is 29.2 Å². The third-order valence-corrected chi connectivity index (χ3v) is 5.03. The number of fused-ring (bicyclic) bond motifs is 1. The van der Waals surface area contributed by atoms with Crippen LogP contribution in [-0.2, 0) is 11.2 Å². The standard InChI is InChI=1S/C25H21NO5/c1-2-30-18-12-14-19(15-13-18)31-25(29)22(16-17-8-4-3-5-9-17)26-23(27)20-10-6-7-11-21(20)24(26)28/h3-15,22H,2,16H2,1H3/t22-/m0/s1. The van der Waals surface area contributed by atoms with Gasteiger partial charge >= 0.3 is 5.97 Å². The third-order valence-electron chi connectivity index (χ3n) is 5.03. The highest BCUT2D eigenvalue weighted by atomic mass is 16.5. The summed E-state index contributed by atoms with van der Waals surface area (Å²) < 4.78 is 10.9. The van der Waals surface area contributed by atoms with Gasteiger partial charge < -0.3 is 9.47 Å². The summed E-state index contributed by atoms with van der Waals surface area (Å²) in [4.78, 5) is 40.2. The number of carbonyl (C=O) groups is 3. The fraction of sp³-hybridized carbons (Fsp3) is 0.160. The van der Waals surface area contributed by atoms with E-state index in [4.69, 9.17) is 9.47 Å². The van der Waals surface area contributed by atoms with E-state index in [1.54, 1.807) is 48.5 Å². The lowest BCUT2D eigenvalue weighted by Crippen LogP contribution is -2.48. The zero-order chi connectivity index (χ0) is 21.8. The summed E-state index contributed by atoms with van der Waals surface area (Å²) in [5, 5.41) is 0. The second-order valence-corrected chi connectivity index (χ2v) is 7.06. The van der Waals surface area contributed by atoms with Crippen LogP contribution in [0.4, 0.5) is 0 Å². The molecule has 3 aromatic rings. The minimum atomic E-state index is -1.10. The Balaban J connectivity index is 1.62. The Labute approximate surface area is 180 Å². The molecule has 6 nitrogen and oxygen atoms in total. The first-order chi connectivity index (χ1) is 15.1. The first-order valence-corrected chi connectivity index (χ1v) is 10.0. The maximum atomic E-state index is 13.2. The predicted octanol–water partition coefficient (Wildman–Crippen LogP) is 3.90. The Morgan fingerprint density at radius 2 is 1.35 bits per heavy atom. The molecule has 0 N–H and O–H groups in total. The molecule has 0 saturated heterocycles. The average molecular weight is 415 g/mol. The van der Waals surface area contributed by atoms with E-state index in [1.807, 2.05) is 37.3 Å². The van der Waals surface area contributed by atoms with Crippen LogP contribution < -0.4 is 9.47 Å². The van der Waals surface area contributed by atoms with E-state index in [9.17, 15) is 14.4 Å². The van der Waals surface area contributed by atoms with Crippen LogP contribution in [0.15, 0.2) is 78.9 Å². The maximum Gasteiger partial charge on any atom is 0.335 e. The quantitative estimate of drug-likeness (QED) is 0.332. The lowest BCUT2D eigenvalue weighted by atomic mass is 10.0. The lowest BCUT2D eigenvalue weighted by Gasteiger charge is -2.24. The largest absolute Gasteiger partial charge is 0.494 e. The van der Waals surface area contributed by atoms with Crippen molar-refractivity contribution in [3.05, 3.63) is 95.6 Å². The SMILES string of the molecule is CCOc1ccc(OC(=O)[C@H](Cc2ccccc2)N2C(=O)c3ccccc3C2=O)cc1. The molecule has 0 radical (unpaired) electrons. The van der Waals surface area contributed by atoms with E-state index in [2.05, 4.69) is 0 Å². The van der Waals surface area contributed by atoms with Crippen LogP contribution in [0.2, 0.25) is 0 Å². The summed E-state index contributed by atoms with van der Waals surface area (Å²) in [5.41, 5.74) is 1.39. The van der Waals surface area contributed by atoms with E-state index < -0.39 is 23.8 Å². The van der Waals surface area contributed by atoms with E-state index in [1.165, 1.54) is 0 Å². The highest BCUT2D eigenvalue weighted by molar-refractivity contribution is 6.22. The Hall–Kier alpha value is -3.93. The van der Waals surface area contributed by atoms with Gasteiger partial charge in [-0.15, -0.1) is 0 Å². The number of nitrogens with zero attached hydrogens (tertiary/aromatic N) is 1. The molecule has 2 amide bonds. The molecule has 156 valence electrons. The summed E-state index contributed by atoms with van der Waals surface area (Å²) in [5.74, 6) is -0.704. The average Bonchev–Trinajstić information content (AvgIpc) is 3.05. The van der Waals surface area contributed by atoms with Gasteiger partial charge in [-0.1, -0.05) is 42.5 Å². The molecule has 0 aromatic heterocycles. The van der Waals surface area contributed by atoms with Crippen molar-refractivity contribution in [2.24, 2.45) is 0 Å². The van der Waals surface area contributed by atoms with Gasteiger partial charge in [-0.25, -0.2) is 4.79 Å². The minimum absolute atomic E-state index is 0.155. The van der Waals surface area contributed by atoms with Gasteiger partial charge in [0.1, 0.15) is 17.5 Å². The second kappa shape index (κ2) is 8.83. The van der Waals surface area contributed by atoms with Crippen molar-refractivity contribution in [1.29, 1.82) is 0 Å². The summed E-state index contributed by atoms with van der Waals surface area (Å²) in [6.45, 7) is 2.40. The molecule has 0 spiro atoms. The number of esters is 1. The van der Waals surface area contributed by atoms with Crippen LogP contribution in [0.1, 0.15) is 33.2 Å². The number of benzene rings is 3. The van der Waals surface area contributed by atoms with Gasteiger partial charge in [0.2, 0.25) is 0 Å². The second-order valence-electron chi connectivity index (χ2n) is 7.06. The maximum absolute atomic E-state index is 13.2. The van der Waals surface area contributed by atoms with Crippen LogP contribution in [0.5, 0.6) is 11.5 Å². The van der Waals surface area contributed by atoms with Crippen molar-refractivity contribution < 1.29 is 23.9 Å². The zero-order valence-corrected chi connectivity index (χ0v) is 17.0. The summed E-state index contributed by atoms with van der Waals surface area (Å²) >= 11 is 0. The molecule has 3 aromatic carbocycles. The van der Waals surface area contributed by atoms with E-state index in [0.717, 1.165) is 10.5 Å². The van der Waals surface area contributed by atoms with Crippen molar-refractivity contribution in [2.45, 2.75) is 19.4 Å². The van der Waals surface area contributed by atoms with Crippen molar-refractivity contribution >= 4 is 17.8 Å². The highest BCUT2D eigenvalue weighted by Crippen LogP contribution is 2.27. The number of hydrogen-bond donors (Lipinski definition) is 0. The molecule has 1 heterocycles. The topological polar surface area (TPSA) is 72.9 Å². The Morgan fingerprint density at radius 1 is 0.806 bits per heavy atom. The summed E-state index contributed by atoms with van der Waals surface area (Å²) in [6.07, 6.45) is 0.155. The number of rotatable bonds is 7. The van der Waals surface area contributed by atoms with Crippen LogP contribution in [0.25, 0.3) is 0 Å². The monoisotopic (exact) mass is 415 g/mol. The molecule has 1 aliphatic rings. The molecule has 0 unspecified atom stereocenters. The Kier molecular flexibility index (Phi) is 5.80. The van der Waals surface area contributed by atoms with Crippen LogP contribution in [-0.4, -0.2) is 35.3 Å². The van der Waals surface area contributed by atoms with Crippen molar-refractivity contribution in [1.82, 2.24) is 4.90 Å². The smallest absolute Gasteiger partial charge is 0.335 e. The lowest BCUT2D eigenvalue weighted by molar-refractivity contribution is -0.138. The minimum Gasteiger partial charge on any atom is -0.494 e. The van der Waals surface area contributed by atoms with Gasteiger partial charge in [0, 0.05) is 6.42 Å². The normalized spacial score (nSPS) is 13.6. The molecule has 0 bridgehead atoms. The van der Waals surface area contributed by atoms with Gasteiger partial charge in [0.15, 0.2) is 0 Å². The molecule has 0 fully saturated rings. The Bertz CT molecular complexity index is 1070. The molecular formula is C25H21NO5. The van der Waals surface area contributed by atoms with Gasteiger partial charge in [0.05, 0.1) is 17.7 Å². The molecule has 1 aliphatic heterocycles. The number of amides is 2. The van der Waals surface area contributed by atoms with Crippen molar-refractivity contribution in [3.8, 4) is 11.5 Å². The number of hydrogen-bond acceptors (Lipinski definition) is 5. The molecule has 31 heavy (non-hydrogen) atoms. The number of imide groups is 1. The fourth-order valence-electron chi connectivity index (χ4n) is 3.56.